The Morgan fingerprint density at radius 2 is 1.85 bits per heavy atom. The Bertz CT molecular complexity index is 826. The number of aromatic nitrogens is 2. The van der Waals surface area contributed by atoms with Gasteiger partial charge in [-0.1, -0.05) is 32.1 Å². The van der Waals surface area contributed by atoms with Crippen LogP contribution in [0.5, 0.6) is 0 Å². The molecule has 2 aliphatic rings. The van der Waals surface area contributed by atoms with Crippen LogP contribution in [0.15, 0.2) is 16.9 Å². The lowest BCUT2D eigenvalue weighted by Crippen LogP contribution is -2.17. The van der Waals surface area contributed by atoms with Crippen molar-refractivity contribution in [2.75, 3.05) is 5.32 Å². The number of anilines is 1. The molecule has 2 fully saturated rings. The van der Waals surface area contributed by atoms with Crippen LogP contribution in [0.4, 0.5) is 10.1 Å². The van der Waals surface area contributed by atoms with Crippen LogP contribution >= 0.6 is 11.8 Å². The second-order valence-electron chi connectivity index (χ2n) is 7.56. The van der Waals surface area contributed by atoms with Crippen molar-refractivity contribution in [1.82, 2.24) is 9.97 Å². The van der Waals surface area contributed by atoms with Gasteiger partial charge in [0.05, 0.1) is 11.3 Å². The first kappa shape index (κ1) is 17.8. The third kappa shape index (κ3) is 4.05. The van der Waals surface area contributed by atoms with Gasteiger partial charge >= 0.3 is 0 Å². The maximum absolute atomic E-state index is 14.5. The Labute approximate surface area is 157 Å². The molecule has 1 heterocycles. The molecule has 0 spiro atoms. The standard InChI is InChI=1S/C20H26FN3OS/c21-16-10-14(22-13-6-4-5-7-13)11-17-19(16)20(25)24-18(23-17)12-26-15-8-2-1-3-9-15/h10-11,13,15,22H,1-9,12H2,(H,23,24,25). The largest absolute Gasteiger partial charge is 0.382 e. The molecule has 2 saturated carbocycles. The van der Waals surface area contributed by atoms with Gasteiger partial charge in [0.15, 0.2) is 0 Å². The zero-order chi connectivity index (χ0) is 17.9. The van der Waals surface area contributed by atoms with Crippen LogP contribution in [-0.2, 0) is 5.75 Å². The molecule has 6 heteroatoms. The predicted molar refractivity (Wildman–Crippen MR) is 106 cm³/mol. The second-order valence-corrected chi connectivity index (χ2v) is 8.85. The lowest BCUT2D eigenvalue weighted by atomic mass is 10.0. The van der Waals surface area contributed by atoms with Crippen molar-refractivity contribution in [2.24, 2.45) is 0 Å². The van der Waals surface area contributed by atoms with Gasteiger partial charge in [0.25, 0.3) is 5.56 Å². The van der Waals surface area contributed by atoms with Crippen LogP contribution in [0.1, 0.15) is 63.6 Å². The highest BCUT2D eigenvalue weighted by Gasteiger charge is 2.18. The number of aromatic amines is 1. The molecular weight excluding hydrogens is 349 g/mol. The van der Waals surface area contributed by atoms with Crippen molar-refractivity contribution in [1.29, 1.82) is 0 Å². The summed E-state index contributed by atoms with van der Waals surface area (Å²) in [4.78, 5) is 19.7. The average molecular weight is 376 g/mol. The van der Waals surface area contributed by atoms with Gasteiger partial charge in [0.2, 0.25) is 0 Å². The molecule has 140 valence electrons. The van der Waals surface area contributed by atoms with Crippen molar-refractivity contribution < 1.29 is 4.39 Å². The Morgan fingerprint density at radius 3 is 2.62 bits per heavy atom. The molecule has 2 aliphatic carbocycles. The highest BCUT2D eigenvalue weighted by atomic mass is 32.2. The molecule has 2 N–H and O–H groups in total. The molecule has 0 unspecified atom stereocenters. The lowest BCUT2D eigenvalue weighted by Gasteiger charge is -2.20. The van der Waals surface area contributed by atoms with E-state index in [2.05, 4.69) is 15.3 Å². The smallest absolute Gasteiger partial charge is 0.261 e. The van der Waals surface area contributed by atoms with Gasteiger partial charge in [-0.3, -0.25) is 4.79 Å². The average Bonchev–Trinajstić information content (AvgIpc) is 3.13. The van der Waals surface area contributed by atoms with E-state index in [1.54, 1.807) is 0 Å². The summed E-state index contributed by atoms with van der Waals surface area (Å²) >= 11 is 1.86. The number of H-pyrrole nitrogens is 1. The first-order valence-corrected chi connectivity index (χ1v) is 10.8. The van der Waals surface area contributed by atoms with E-state index in [0.717, 1.165) is 18.5 Å². The van der Waals surface area contributed by atoms with Crippen LogP contribution in [0.2, 0.25) is 0 Å². The van der Waals surface area contributed by atoms with Crippen LogP contribution in [-0.4, -0.2) is 21.3 Å². The zero-order valence-corrected chi connectivity index (χ0v) is 15.8. The molecule has 4 nitrogen and oxygen atoms in total. The van der Waals surface area contributed by atoms with Gasteiger partial charge in [0, 0.05) is 17.0 Å². The maximum Gasteiger partial charge on any atom is 0.261 e. The molecule has 0 bridgehead atoms. The highest BCUT2D eigenvalue weighted by molar-refractivity contribution is 7.99. The van der Waals surface area contributed by atoms with Crippen molar-refractivity contribution in [3.05, 3.63) is 34.1 Å². The number of hydrogen-bond donors (Lipinski definition) is 2. The minimum Gasteiger partial charge on any atom is -0.382 e. The van der Waals surface area contributed by atoms with Crippen LogP contribution in [0.25, 0.3) is 10.9 Å². The van der Waals surface area contributed by atoms with Gasteiger partial charge in [0.1, 0.15) is 17.0 Å². The summed E-state index contributed by atoms with van der Waals surface area (Å²) < 4.78 is 14.5. The van der Waals surface area contributed by atoms with E-state index in [1.165, 1.54) is 51.0 Å². The fraction of sp³-hybridized carbons (Fsp3) is 0.600. The number of fused-ring (bicyclic) bond motifs is 1. The summed E-state index contributed by atoms with van der Waals surface area (Å²) in [7, 11) is 0. The topological polar surface area (TPSA) is 57.8 Å². The third-order valence-corrected chi connectivity index (χ3v) is 6.93. The Morgan fingerprint density at radius 1 is 1.12 bits per heavy atom. The molecular formula is C20H26FN3OS. The molecule has 1 aromatic carbocycles. The monoisotopic (exact) mass is 375 g/mol. The molecule has 26 heavy (non-hydrogen) atoms. The normalized spacial score (nSPS) is 19.3. The van der Waals surface area contributed by atoms with E-state index in [-0.39, 0.29) is 10.9 Å². The predicted octanol–water partition coefficient (Wildman–Crippen LogP) is 4.98. The van der Waals surface area contributed by atoms with Gasteiger partial charge in [-0.25, -0.2) is 9.37 Å². The number of nitrogens with zero attached hydrogens (tertiary/aromatic N) is 1. The van der Waals surface area contributed by atoms with Crippen molar-refractivity contribution in [3.63, 3.8) is 0 Å². The molecule has 2 aromatic rings. The Kier molecular flexibility index (Phi) is 5.48. The van der Waals surface area contributed by atoms with Crippen LogP contribution < -0.4 is 10.9 Å². The second kappa shape index (κ2) is 7.99. The number of benzene rings is 1. The van der Waals surface area contributed by atoms with E-state index < -0.39 is 5.82 Å². The Hall–Kier alpha value is -1.56. The van der Waals surface area contributed by atoms with E-state index in [1.807, 2.05) is 17.8 Å². The molecule has 4 rings (SSSR count). The summed E-state index contributed by atoms with van der Waals surface area (Å²) in [5, 5.41) is 4.11. The van der Waals surface area contributed by atoms with E-state index in [0.29, 0.717) is 28.4 Å². The van der Waals surface area contributed by atoms with Gasteiger partial charge in [-0.05, 0) is 37.8 Å². The van der Waals surface area contributed by atoms with E-state index >= 15 is 0 Å². The van der Waals surface area contributed by atoms with Gasteiger partial charge in [-0.2, -0.15) is 11.8 Å². The van der Waals surface area contributed by atoms with Crippen molar-refractivity contribution in [3.8, 4) is 0 Å². The fourth-order valence-electron chi connectivity index (χ4n) is 4.16. The van der Waals surface area contributed by atoms with Crippen molar-refractivity contribution in [2.45, 2.75) is 74.8 Å². The SMILES string of the molecule is O=c1[nH]c(CSC2CCCCC2)nc2cc(NC3CCCC3)cc(F)c12. The van der Waals surface area contributed by atoms with Gasteiger partial charge < -0.3 is 10.3 Å². The number of hydrogen-bond acceptors (Lipinski definition) is 4. The highest BCUT2D eigenvalue weighted by Crippen LogP contribution is 2.30. The van der Waals surface area contributed by atoms with Gasteiger partial charge in [-0.15, -0.1) is 0 Å². The first-order chi connectivity index (χ1) is 12.7. The zero-order valence-electron chi connectivity index (χ0n) is 15.0. The number of nitrogens with one attached hydrogen (secondary N) is 2. The summed E-state index contributed by atoms with van der Waals surface area (Å²) in [6.45, 7) is 0. The molecule has 0 aliphatic heterocycles. The number of rotatable bonds is 5. The molecule has 0 saturated heterocycles. The van der Waals surface area contributed by atoms with E-state index in [9.17, 15) is 9.18 Å². The molecule has 0 atom stereocenters. The third-order valence-electron chi connectivity index (χ3n) is 5.54. The van der Waals surface area contributed by atoms with Crippen LogP contribution in [0.3, 0.4) is 0 Å². The lowest BCUT2D eigenvalue weighted by molar-refractivity contribution is 0.516. The van der Waals surface area contributed by atoms with Crippen molar-refractivity contribution >= 4 is 28.4 Å². The Balaban J connectivity index is 1.55. The van der Waals surface area contributed by atoms with E-state index in [4.69, 9.17) is 0 Å². The number of thioether (sulfide) groups is 1. The summed E-state index contributed by atoms with van der Waals surface area (Å²) in [5.74, 6) is 0.830. The van der Waals surface area contributed by atoms with Crippen LogP contribution in [0, 0.1) is 5.82 Å². The molecule has 0 radical (unpaired) electrons. The summed E-state index contributed by atoms with van der Waals surface area (Å²) in [5.41, 5.74) is 0.804. The molecule has 0 amide bonds. The fourth-order valence-corrected chi connectivity index (χ4v) is 5.36. The minimum atomic E-state index is -0.497. The quantitative estimate of drug-likeness (QED) is 0.773. The number of halogens is 1. The summed E-state index contributed by atoms with van der Waals surface area (Å²) in [6, 6.07) is 3.64. The molecule has 1 aromatic heterocycles. The minimum absolute atomic E-state index is 0.0633. The summed E-state index contributed by atoms with van der Waals surface area (Å²) in [6.07, 6.45) is 11.1. The first-order valence-electron chi connectivity index (χ1n) is 9.79. The maximum atomic E-state index is 14.5.